The molecule has 144 valence electrons. The van der Waals surface area contributed by atoms with Crippen LogP contribution in [0.4, 0.5) is 16.2 Å². The third kappa shape index (κ3) is 3.18. The van der Waals surface area contributed by atoms with E-state index in [0.717, 1.165) is 9.80 Å². The Labute approximate surface area is 160 Å². The van der Waals surface area contributed by atoms with Crippen molar-refractivity contribution >= 4 is 29.2 Å². The van der Waals surface area contributed by atoms with Gasteiger partial charge in [0, 0.05) is 11.6 Å². The van der Waals surface area contributed by atoms with Crippen molar-refractivity contribution in [3.05, 3.63) is 63.7 Å². The van der Waals surface area contributed by atoms with Gasteiger partial charge in [0.2, 0.25) is 0 Å². The fourth-order valence-corrected chi connectivity index (χ4v) is 2.99. The molecule has 4 amide bonds. The monoisotopic (exact) mass is 383 g/mol. The van der Waals surface area contributed by atoms with Gasteiger partial charge >= 0.3 is 17.8 Å². The van der Waals surface area contributed by atoms with Crippen LogP contribution in [-0.2, 0) is 16.1 Å². The Morgan fingerprint density at radius 2 is 1.75 bits per heavy atom. The molecule has 1 fully saturated rings. The molecule has 0 atom stereocenters. The van der Waals surface area contributed by atoms with Crippen LogP contribution in [0.3, 0.4) is 0 Å². The number of carbonyl (C=O) groups excluding carboxylic acids is 3. The molecule has 2 aromatic carbocycles. The Balaban J connectivity index is 1.95. The summed E-state index contributed by atoms with van der Waals surface area (Å²) in [6.07, 6.45) is 0. The Kier molecular flexibility index (Phi) is 5.08. The number of ether oxygens (including phenoxy) is 1. The van der Waals surface area contributed by atoms with Crippen molar-refractivity contribution in [1.29, 1.82) is 0 Å². The number of amides is 4. The molecule has 9 nitrogen and oxygen atoms in total. The van der Waals surface area contributed by atoms with Crippen molar-refractivity contribution in [2.75, 3.05) is 11.5 Å². The van der Waals surface area contributed by atoms with Crippen LogP contribution in [0.1, 0.15) is 18.1 Å². The van der Waals surface area contributed by atoms with Gasteiger partial charge < -0.3 is 4.74 Å². The molecule has 3 rings (SSSR count). The molecule has 0 spiro atoms. The second kappa shape index (κ2) is 7.47. The Bertz CT molecular complexity index is 987. The van der Waals surface area contributed by atoms with Gasteiger partial charge in [-0.25, -0.2) is 9.69 Å². The van der Waals surface area contributed by atoms with E-state index in [1.165, 1.54) is 25.1 Å². The summed E-state index contributed by atoms with van der Waals surface area (Å²) >= 11 is 0. The number of nitrogens with zero attached hydrogens (tertiary/aromatic N) is 3. The maximum Gasteiger partial charge on any atom is 0.339 e. The fraction of sp³-hybridized carbons (Fsp3) is 0.211. The molecular formula is C19H17N3O6. The van der Waals surface area contributed by atoms with E-state index in [4.69, 9.17) is 4.74 Å². The van der Waals surface area contributed by atoms with Gasteiger partial charge in [-0.3, -0.25) is 24.6 Å². The summed E-state index contributed by atoms with van der Waals surface area (Å²) in [6.45, 7) is 3.36. The van der Waals surface area contributed by atoms with E-state index in [1.807, 2.05) is 0 Å². The summed E-state index contributed by atoms with van der Waals surface area (Å²) in [5.41, 5.74) is 0.782. The van der Waals surface area contributed by atoms with Gasteiger partial charge in [0.25, 0.3) is 5.69 Å². The Hall–Kier alpha value is -3.75. The van der Waals surface area contributed by atoms with Crippen LogP contribution in [-0.4, -0.2) is 34.3 Å². The van der Waals surface area contributed by atoms with E-state index >= 15 is 0 Å². The first-order valence-electron chi connectivity index (χ1n) is 8.51. The van der Waals surface area contributed by atoms with Crippen molar-refractivity contribution in [1.82, 2.24) is 4.90 Å². The zero-order valence-corrected chi connectivity index (χ0v) is 15.2. The Morgan fingerprint density at radius 1 is 1.04 bits per heavy atom. The van der Waals surface area contributed by atoms with Gasteiger partial charge in [-0.05, 0) is 31.5 Å². The quantitative estimate of drug-likeness (QED) is 0.328. The lowest BCUT2D eigenvalue weighted by Gasteiger charge is -2.18. The van der Waals surface area contributed by atoms with Crippen LogP contribution >= 0.6 is 0 Å². The van der Waals surface area contributed by atoms with E-state index in [1.54, 1.807) is 31.2 Å². The number of benzene rings is 2. The van der Waals surface area contributed by atoms with Gasteiger partial charge in [0.15, 0.2) is 0 Å². The molecule has 9 heteroatoms. The van der Waals surface area contributed by atoms with Gasteiger partial charge in [0.1, 0.15) is 5.75 Å². The number of nitro groups is 1. The molecule has 0 aliphatic carbocycles. The standard InChI is InChI=1S/C19H17N3O6/c1-3-28-16-10-5-4-8-15(16)21-18(24)17(23)20(19(21)25)11-13-7-6-9-14(12(13)2)22(26)27/h4-10H,3,11H2,1-2H3. The van der Waals surface area contributed by atoms with Crippen LogP contribution in [0.25, 0.3) is 0 Å². The second-order valence-electron chi connectivity index (χ2n) is 6.03. The first-order chi connectivity index (χ1) is 13.4. The lowest BCUT2D eigenvalue weighted by Crippen LogP contribution is -2.33. The number of hydrogen-bond acceptors (Lipinski definition) is 6. The van der Waals surface area contributed by atoms with Crippen LogP contribution in [0, 0.1) is 17.0 Å². The van der Waals surface area contributed by atoms with E-state index in [0.29, 0.717) is 23.5 Å². The number of nitro benzene ring substituents is 1. The molecule has 28 heavy (non-hydrogen) atoms. The van der Waals surface area contributed by atoms with Gasteiger partial charge in [-0.1, -0.05) is 24.3 Å². The first-order valence-corrected chi connectivity index (χ1v) is 8.51. The van der Waals surface area contributed by atoms with Crippen molar-refractivity contribution < 1.29 is 24.0 Å². The maximum absolute atomic E-state index is 12.8. The molecule has 0 aromatic heterocycles. The Morgan fingerprint density at radius 3 is 2.43 bits per heavy atom. The van der Waals surface area contributed by atoms with Gasteiger partial charge in [0.05, 0.1) is 23.8 Å². The minimum absolute atomic E-state index is 0.124. The van der Waals surface area contributed by atoms with E-state index in [2.05, 4.69) is 0 Å². The number of hydrogen-bond donors (Lipinski definition) is 0. The third-order valence-electron chi connectivity index (χ3n) is 4.40. The smallest absolute Gasteiger partial charge is 0.339 e. The highest BCUT2D eigenvalue weighted by molar-refractivity contribution is 6.52. The normalized spacial score (nSPS) is 14.0. The van der Waals surface area contributed by atoms with E-state index in [-0.39, 0.29) is 17.9 Å². The molecule has 0 radical (unpaired) electrons. The molecule has 1 aliphatic rings. The van der Waals surface area contributed by atoms with Crippen molar-refractivity contribution in [2.24, 2.45) is 0 Å². The fourth-order valence-electron chi connectivity index (χ4n) is 2.99. The second-order valence-corrected chi connectivity index (χ2v) is 6.03. The van der Waals surface area contributed by atoms with Gasteiger partial charge in [-0.2, -0.15) is 0 Å². The number of imide groups is 2. The molecule has 0 bridgehead atoms. The molecule has 1 heterocycles. The zero-order valence-electron chi connectivity index (χ0n) is 15.2. The lowest BCUT2D eigenvalue weighted by molar-refractivity contribution is -0.385. The molecule has 0 unspecified atom stereocenters. The summed E-state index contributed by atoms with van der Waals surface area (Å²) in [5.74, 6) is -1.70. The third-order valence-corrected chi connectivity index (χ3v) is 4.40. The summed E-state index contributed by atoms with van der Waals surface area (Å²) in [4.78, 5) is 49.9. The molecule has 1 saturated heterocycles. The maximum atomic E-state index is 12.8. The first kappa shape index (κ1) is 19.0. The average Bonchev–Trinajstić information content (AvgIpc) is 2.87. The molecule has 0 saturated carbocycles. The number of urea groups is 1. The minimum Gasteiger partial charge on any atom is -0.492 e. The van der Waals surface area contributed by atoms with Gasteiger partial charge in [-0.15, -0.1) is 0 Å². The van der Waals surface area contributed by atoms with Crippen molar-refractivity contribution in [2.45, 2.75) is 20.4 Å². The minimum atomic E-state index is -1.000. The number of carbonyl (C=O) groups is 3. The largest absolute Gasteiger partial charge is 0.492 e. The molecular weight excluding hydrogens is 366 g/mol. The molecule has 1 aliphatic heterocycles. The van der Waals surface area contributed by atoms with Crippen molar-refractivity contribution in [3.63, 3.8) is 0 Å². The number of anilines is 1. The summed E-state index contributed by atoms with van der Waals surface area (Å²) in [7, 11) is 0. The SMILES string of the molecule is CCOc1ccccc1N1C(=O)C(=O)N(Cc2cccc([N+](=O)[O-])c2C)C1=O. The molecule has 2 aromatic rings. The van der Waals surface area contributed by atoms with Crippen molar-refractivity contribution in [3.8, 4) is 5.75 Å². The van der Waals surface area contributed by atoms with Crippen LogP contribution < -0.4 is 9.64 Å². The highest BCUT2D eigenvalue weighted by Gasteiger charge is 2.46. The summed E-state index contributed by atoms with van der Waals surface area (Å²) in [5, 5.41) is 11.1. The van der Waals surface area contributed by atoms with Crippen LogP contribution in [0.15, 0.2) is 42.5 Å². The number of rotatable bonds is 6. The predicted octanol–water partition coefficient (Wildman–Crippen LogP) is 2.80. The summed E-state index contributed by atoms with van der Waals surface area (Å²) in [6, 6.07) is 9.96. The summed E-state index contributed by atoms with van der Waals surface area (Å²) < 4.78 is 5.45. The zero-order chi connectivity index (χ0) is 20.4. The highest BCUT2D eigenvalue weighted by Crippen LogP contribution is 2.33. The van der Waals surface area contributed by atoms with Crippen LogP contribution in [0.2, 0.25) is 0 Å². The lowest BCUT2D eigenvalue weighted by atomic mass is 10.1. The topological polar surface area (TPSA) is 110 Å². The molecule has 0 N–H and O–H groups in total. The van der Waals surface area contributed by atoms with Crippen LogP contribution in [0.5, 0.6) is 5.75 Å². The van der Waals surface area contributed by atoms with E-state index < -0.39 is 22.8 Å². The highest BCUT2D eigenvalue weighted by atomic mass is 16.6. The predicted molar refractivity (Wildman–Crippen MR) is 98.9 cm³/mol. The van der Waals surface area contributed by atoms with E-state index in [9.17, 15) is 24.5 Å². The number of para-hydroxylation sites is 2. The average molecular weight is 383 g/mol.